The summed E-state index contributed by atoms with van der Waals surface area (Å²) < 4.78 is 5.29. The summed E-state index contributed by atoms with van der Waals surface area (Å²) in [5.74, 6) is 0. The van der Waals surface area contributed by atoms with Gasteiger partial charge in [0.25, 0.3) is 0 Å². The Morgan fingerprint density at radius 3 is 2.80 bits per heavy atom. The highest BCUT2D eigenvalue weighted by molar-refractivity contribution is 5.05. The number of aliphatic hydroxyl groups is 1. The predicted molar refractivity (Wildman–Crippen MR) is 39.8 cm³/mol. The molecule has 0 saturated carbocycles. The topological polar surface area (TPSA) is 32.8 Å². The van der Waals surface area contributed by atoms with Crippen molar-refractivity contribution < 1.29 is 9.84 Å². The lowest BCUT2D eigenvalue weighted by Gasteiger charge is -2.07. The van der Waals surface area contributed by atoms with E-state index in [1.807, 2.05) is 13.0 Å². The van der Waals surface area contributed by atoms with Gasteiger partial charge in [0.15, 0.2) is 0 Å². The van der Waals surface area contributed by atoms with Gasteiger partial charge in [0.05, 0.1) is 12.2 Å². The first kappa shape index (κ1) is 7.76. The third-order valence-corrected chi connectivity index (χ3v) is 2.19. The average Bonchev–Trinajstić information content (AvgIpc) is 2.45. The summed E-state index contributed by atoms with van der Waals surface area (Å²) in [5, 5.41) is 9.19. The van der Waals surface area contributed by atoms with Crippen LogP contribution in [0.25, 0.3) is 0 Å². The molecule has 1 saturated heterocycles. The molecule has 0 spiro atoms. The molecule has 0 bridgehead atoms. The van der Waals surface area contributed by atoms with Gasteiger partial charge in [0.2, 0.25) is 0 Å². The fourth-order valence-electron chi connectivity index (χ4n) is 1.07. The largest absolute Gasteiger partial charge is 0.390 e. The summed E-state index contributed by atoms with van der Waals surface area (Å²) in [6.45, 7) is 7.28. The van der Waals surface area contributed by atoms with Gasteiger partial charge in [-0.15, -0.1) is 6.58 Å². The molecule has 2 nitrogen and oxygen atoms in total. The highest BCUT2D eigenvalue weighted by Gasteiger charge is 2.54. The maximum absolute atomic E-state index is 9.19. The summed E-state index contributed by atoms with van der Waals surface area (Å²) in [4.78, 5) is 0. The Kier molecular flexibility index (Phi) is 1.84. The molecule has 0 aromatic carbocycles. The Morgan fingerprint density at radius 2 is 2.50 bits per heavy atom. The van der Waals surface area contributed by atoms with Gasteiger partial charge in [0, 0.05) is 0 Å². The van der Waals surface area contributed by atoms with E-state index in [-0.39, 0.29) is 17.8 Å². The number of ether oxygens (including phenoxy) is 1. The van der Waals surface area contributed by atoms with Crippen LogP contribution in [0.5, 0.6) is 0 Å². The second kappa shape index (κ2) is 2.36. The van der Waals surface area contributed by atoms with Gasteiger partial charge in [-0.2, -0.15) is 0 Å². The van der Waals surface area contributed by atoms with E-state index in [9.17, 15) is 5.11 Å². The molecule has 0 aromatic heterocycles. The summed E-state index contributed by atoms with van der Waals surface area (Å²) in [6.07, 6.45) is 2.46. The lowest BCUT2D eigenvalue weighted by Crippen LogP contribution is -2.25. The van der Waals surface area contributed by atoms with E-state index in [0.717, 1.165) is 6.42 Å². The van der Waals surface area contributed by atoms with Crippen LogP contribution in [0.15, 0.2) is 12.7 Å². The minimum absolute atomic E-state index is 0.185. The first-order valence-corrected chi connectivity index (χ1v) is 3.58. The summed E-state index contributed by atoms with van der Waals surface area (Å²) in [6, 6.07) is 0. The van der Waals surface area contributed by atoms with Gasteiger partial charge in [-0.3, -0.25) is 0 Å². The Labute approximate surface area is 61.5 Å². The zero-order valence-electron chi connectivity index (χ0n) is 6.50. The van der Waals surface area contributed by atoms with Crippen LogP contribution in [0.1, 0.15) is 20.3 Å². The summed E-state index contributed by atoms with van der Waals surface area (Å²) >= 11 is 0. The van der Waals surface area contributed by atoms with Gasteiger partial charge in [-0.25, -0.2) is 0 Å². The van der Waals surface area contributed by atoms with Crippen LogP contribution in [-0.2, 0) is 4.74 Å². The van der Waals surface area contributed by atoms with Crippen LogP contribution in [0.3, 0.4) is 0 Å². The molecule has 1 aliphatic rings. The van der Waals surface area contributed by atoms with Crippen LogP contribution in [-0.4, -0.2) is 22.9 Å². The van der Waals surface area contributed by atoms with Crippen LogP contribution >= 0.6 is 0 Å². The number of hydrogen-bond donors (Lipinski definition) is 1. The van der Waals surface area contributed by atoms with Crippen LogP contribution in [0.4, 0.5) is 0 Å². The molecule has 2 heteroatoms. The van der Waals surface area contributed by atoms with Gasteiger partial charge in [-0.05, 0) is 20.3 Å². The van der Waals surface area contributed by atoms with Crippen LogP contribution < -0.4 is 0 Å². The fraction of sp³-hybridized carbons (Fsp3) is 0.750. The molecule has 1 N–H and O–H groups in total. The second-order valence-corrected chi connectivity index (χ2v) is 2.99. The number of aliphatic hydroxyl groups excluding tert-OH is 1. The quantitative estimate of drug-likeness (QED) is 0.473. The van der Waals surface area contributed by atoms with Crippen molar-refractivity contribution in [3.63, 3.8) is 0 Å². The van der Waals surface area contributed by atoms with Gasteiger partial charge in [0.1, 0.15) is 5.60 Å². The zero-order chi connectivity index (χ0) is 7.78. The molecule has 0 radical (unpaired) electrons. The van der Waals surface area contributed by atoms with E-state index < -0.39 is 0 Å². The van der Waals surface area contributed by atoms with Crippen LogP contribution in [0.2, 0.25) is 0 Å². The summed E-state index contributed by atoms with van der Waals surface area (Å²) in [7, 11) is 0. The summed E-state index contributed by atoms with van der Waals surface area (Å²) in [5.41, 5.74) is -0.297. The molecule has 3 unspecified atom stereocenters. The van der Waals surface area contributed by atoms with Crippen molar-refractivity contribution >= 4 is 0 Å². The van der Waals surface area contributed by atoms with Crippen molar-refractivity contribution in [1.29, 1.82) is 0 Å². The van der Waals surface area contributed by atoms with Crippen molar-refractivity contribution in [2.24, 2.45) is 0 Å². The Morgan fingerprint density at radius 1 is 1.90 bits per heavy atom. The second-order valence-electron chi connectivity index (χ2n) is 2.99. The smallest absolute Gasteiger partial charge is 0.118 e. The third-order valence-electron chi connectivity index (χ3n) is 2.19. The van der Waals surface area contributed by atoms with Crippen molar-refractivity contribution in [3.8, 4) is 0 Å². The van der Waals surface area contributed by atoms with E-state index in [0.29, 0.717) is 0 Å². The standard InChI is InChI=1S/C8H14O2/c1-4-5-7-8(3,10-7)6(2)9/h4,6-7,9H,1,5H2,2-3H3. The molecular weight excluding hydrogens is 128 g/mol. The van der Waals surface area contributed by atoms with Gasteiger partial charge < -0.3 is 9.84 Å². The molecule has 0 aromatic rings. The Hall–Kier alpha value is -0.340. The predicted octanol–water partition coefficient (Wildman–Crippen LogP) is 1.10. The molecule has 1 aliphatic heterocycles. The van der Waals surface area contributed by atoms with Crippen molar-refractivity contribution in [2.45, 2.75) is 38.1 Å². The van der Waals surface area contributed by atoms with E-state index in [1.54, 1.807) is 6.92 Å². The molecular formula is C8H14O2. The fourth-order valence-corrected chi connectivity index (χ4v) is 1.07. The monoisotopic (exact) mass is 142 g/mol. The van der Waals surface area contributed by atoms with Crippen molar-refractivity contribution in [3.05, 3.63) is 12.7 Å². The van der Waals surface area contributed by atoms with E-state index in [2.05, 4.69) is 6.58 Å². The average molecular weight is 142 g/mol. The molecule has 10 heavy (non-hydrogen) atoms. The molecule has 0 aliphatic carbocycles. The first-order valence-electron chi connectivity index (χ1n) is 3.58. The maximum atomic E-state index is 9.19. The highest BCUT2D eigenvalue weighted by atomic mass is 16.6. The lowest BCUT2D eigenvalue weighted by molar-refractivity contribution is 0.101. The van der Waals surface area contributed by atoms with E-state index in [1.165, 1.54) is 0 Å². The zero-order valence-corrected chi connectivity index (χ0v) is 6.50. The number of epoxide rings is 1. The SMILES string of the molecule is C=CCC1OC1(C)C(C)O. The van der Waals surface area contributed by atoms with Crippen molar-refractivity contribution in [2.75, 3.05) is 0 Å². The van der Waals surface area contributed by atoms with E-state index >= 15 is 0 Å². The molecule has 1 fully saturated rings. The molecule has 0 amide bonds. The molecule has 1 rings (SSSR count). The van der Waals surface area contributed by atoms with Crippen molar-refractivity contribution in [1.82, 2.24) is 0 Å². The molecule has 3 atom stereocenters. The highest BCUT2D eigenvalue weighted by Crippen LogP contribution is 2.41. The number of hydrogen-bond acceptors (Lipinski definition) is 2. The third kappa shape index (κ3) is 1.09. The van der Waals surface area contributed by atoms with Crippen LogP contribution in [0, 0.1) is 0 Å². The minimum atomic E-state index is -0.377. The normalized spacial score (nSPS) is 40.9. The Balaban J connectivity index is 2.40. The Bertz CT molecular complexity index is 142. The van der Waals surface area contributed by atoms with E-state index in [4.69, 9.17) is 4.74 Å². The maximum Gasteiger partial charge on any atom is 0.118 e. The lowest BCUT2D eigenvalue weighted by atomic mass is 10.0. The first-order chi connectivity index (χ1) is 4.61. The molecule has 1 heterocycles. The van der Waals surface area contributed by atoms with Gasteiger partial charge >= 0.3 is 0 Å². The minimum Gasteiger partial charge on any atom is -0.390 e. The number of rotatable bonds is 3. The van der Waals surface area contributed by atoms with Gasteiger partial charge in [-0.1, -0.05) is 6.08 Å². The molecule has 58 valence electrons.